The molecule has 0 saturated carbocycles. The molecular formula is C22H22ClFN4O2. The van der Waals surface area contributed by atoms with Gasteiger partial charge in [-0.1, -0.05) is 29.7 Å². The first kappa shape index (κ1) is 20.3. The summed E-state index contributed by atoms with van der Waals surface area (Å²) >= 11 is 6.05. The largest absolute Gasteiger partial charge is 0.368 e. The van der Waals surface area contributed by atoms with E-state index in [4.69, 9.17) is 16.1 Å². The monoisotopic (exact) mass is 428 g/mol. The maximum absolute atomic E-state index is 14.0. The molecule has 1 aliphatic heterocycles. The van der Waals surface area contributed by atoms with Crippen molar-refractivity contribution in [1.82, 2.24) is 15.0 Å². The Balaban J connectivity index is 1.35. The number of aryl methyl sites for hydroxylation is 1. The minimum Gasteiger partial charge on any atom is -0.368 e. The van der Waals surface area contributed by atoms with Crippen LogP contribution in [0.4, 0.5) is 10.1 Å². The van der Waals surface area contributed by atoms with E-state index in [9.17, 15) is 9.18 Å². The molecule has 0 aliphatic carbocycles. The summed E-state index contributed by atoms with van der Waals surface area (Å²) in [5.74, 6) is 0.648. The Kier molecular flexibility index (Phi) is 5.99. The van der Waals surface area contributed by atoms with E-state index in [0.717, 1.165) is 11.3 Å². The third-order valence-corrected chi connectivity index (χ3v) is 5.64. The number of halogens is 2. The van der Waals surface area contributed by atoms with E-state index in [0.29, 0.717) is 44.3 Å². The van der Waals surface area contributed by atoms with E-state index < -0.39 is 5.82 Å². The van der Waals surface area contributed by atoms with Crippen LogP contribution in [0.3, 0.4) is 0 Å². The van der Waals surface area contributed by atoms with Crippen molar-refractivity contribution in [3.63, 3.8) is 0 Å². The van der Waals surface area contributed by atoms with Crippen LogP contribution in [0.15, 0.2) is 47.0 Å². The van der Waals surface area contributed by atoms with Gasteiger partial charge in [0.05, 0.1) is 6.42 Å². The van der Waals surface area contributed by atoms with Crippen LogP contribution < -0.4 is 4.90 Å². The molecule has 0 radical (unpaired) electrons. The third kappa shape index (κ3) is 4.31. The molecular weight excluding hydrogens is 407 g/mol. The minimum atomic E-state index is -0.442. The van der Waals surface area contributed by atoms with Crippen molar-refractivity contribution in [2.24, 2.45) is 0 Å². The fourth-order valence-corrected chi connectivity index (χ4v) is 3.75. The van der Waals surface area contributed by atoms with Gasteiger partial charge in [-0.3, -0.25) is 4.79 Å². The first-order valence-corrected chi connectivity index (χ1v) is 10.3. The molecule has 4 rings (SSSR count). The Bertz CT molecular complexity index is 1010. The number of piperazine rings is 1. The Morgan fingerprint density at radius 1 is 1.13 bits per heavy atom. The van der Waals surface area contributed by atoms with Crippen LogP contribution in [-0.4, -0.2) is 47.1 Å². The second-order valence-electron chi connectivity index (χ2n) is 7.16. The fourth-order valence-electron chi connectivity index (χ4n) is 3.52. The Morgan fingerprint density at radius 2 is 1.87 bits per heavy atom. The molecule has 0 unspecified atom stereocenters. The molecule has 156 valence electrons. The van der Waals surface area contributed by atoms with Crippen LogP contribution in [0.25, 0.3) is 11.4 Å². The van der Waals surface area contributed by atoms with E-state index in [-0.39, 0.29) is 22.9 Å². The zero-order valence-electron chi connectivity index (χ0n) is 16.6. The lowest BCUT2D eigenvalue weighted by molar-refractivity contribution is -0.130. The van der Waals surface area contributed by atoms with Crippen LogP contribution in [0.2, 0.25) is 5.02 Å². The molecule has 1 fully saturated rings. The summed E-state index contributed by atoms with van der Waals surface area (Å²) in [5, 5.41) is 4.28. The van der Waals surface area contributed by atoms with Gasteiger partial charge in [0.1, 0.15) is 5.82 Å². The maximum atomic E-state index is 14.0. The molecule has 1 aliphatic rings. The first-order valence-electron chi connectivity index (χ1n) is 9.93. The number of aromatic nitrogens is 2. The lowest BCUT2D eigenvalue weighted by Gasteiger charge is -2.36. The number of hydrogen-bond acceptors (Lipinski definition) is 5. The van der Waals surface area contributed by atoms with E-state index in [2.05, 4.69) is 15.0 Å². The van der Waals surface area contributed by atoms with E-state index >= 15 is 0 Å². The van der Waals surface area contributed by atoms with Gasteiger partial charge >= 0.3 is 0 Å². The van der Waals surface area contributed by atoms with Crippen LogP contribution in [0.1, 0.15) is 18.4 Å². The van der Waals surface area contributed by atoms with E-state index in [1.807, 2.05) is 31.2 Å². The predicted octanol–water partition coefficient (Wildman–Crippen LogP) is 3.98. The number of rotatable bonds is 5. The van der Waals surface area contributed by atoms with Gasteiger partial charge in [-0.25, -0.2) is 4.39 Å². The number of nitrogens with zero attached hydrogens (tertiary/aromatic N) is 4. The molecule has 1 amide bonds. The van der Waals surface area contributed by atoms with Gasteiger partial charge < -0.3 is 14.3 Å². The van der Waals surface area contributed by atoms with Crippen molar-refractivity contribution in [2.75, 3.05) is 31.1 Å². The number of carbonyl (C=O) groups is 1. The smallest absolute Gasteiger partial charge is 0.227 e. The molecule has 2 heterocycles. The first-order chi connectivity index (χ1) is 14.5. The van der Waals surface area contributed by atoms with Crippen molar-refractivity contribution in [2.45, 2.75) is 19.8 Å². The second-order valence-corrected chi connectivity index (χ2v) is 7.56. The number of amides is 1. The maximum Gasteiger partial charge on any atom is 0.227 e. The highest BCUT2D eigenvalue weighted by Gasteiger charge is 2.23. The third-order valence-electron chi connectivity index (χ3n) is 5.28. The highest BCUT2D eigenvalue weighted by Crippen LogP contribution is 2.24. The molecule has 8 heteroatoms. The van der Waals surface area contributed by atoms with Gasteiger partial charge in [0.25, 0.3) is 0 Å². The number of benzene rings is 2. The van der Waals surface area contributed by atoms with Crippen molar-refractivity contribution in [3.05, 3.63) is 64.8 Å². The van der Waals surface area contributed by atoms with E-state index in [1.54, 1.807) is 11.0 Å². The van der Waals surface area contributed by atoms with Crippen LogP contribution in [0.5, 0.6) is 0 Å². The Morgan fingerprint density at radius 3 is 2.50 bits per heavy atom. The van der Waals surface area contributed by atoms with Gasteiger partial charge in [0, 0.05) is 54.4 Å². The van der Waals surface area contributed by atoms with Crippen LogP contribution in [0, 0.1) is 5.82 Å². The van der Waals surface area contributed by atoms with Crippen molar-refractivity contribution >= 4 is 23.2 Å². The Labute approximate surface area is 179 Å². The highest BCUT2D eigenvalue weighted by atomic mass is 35.5. The highest BCUT2D eigenvalue weighted by molar-refractivity contribution is 6.31. The zero-order valence-corrected chi connectivity index (χ0v) is 17.4. The van der Waals surface area contributed by atoms with Crippen molar-refractivity contribution in [1.29, 1.82) is 0 Å². The normalized spacial score (nSPS) is 14.2. The summed E-state index contributed by atoms with van der Waals surface area (Å²) < 4.78 is 19.1. The molecule has 2 aromatic carbocycles. The fraction of sp³-hybridized carbons (Fsp3) is 0.318. The average molecular weight is 429 g/mol. The molecule has 30 heavy (non-hydrogen) atoms. The van der Waals surface area contributed by atoms with Crippen molar-refractivity contribution in [3.8, 4) is 11.4 Å². The van der Waals surface area contributed by atoms with E-state index in [1.165, 1.54) is 12.1 Å². The van der Waals surface area contributed by atoms with Crippen LogP contribution in [-0.2, 0) is 17.6 Å². The average Bonchev–Trinajstić information content (AvgIpc) is 3.26. The second kappa shape index (κ2) is 8.83. The summed E-state index contributed by atoms with van der Waals surface area (Å²) in [7, 11) is 0. The molecule has 0 bridgehead atoms. The molecule has 1 aromatic heterocycles. The Hall–Kier alpha value is -2.93. The summed E-state index contributed by atoms with van der Waals surface area (Å²) in [4.78, 5) is 20.9. The van der Waals surface area contributed by atoms with Crippen molar-refractivity contribution < 1.29 is 13.7 Å². The molecule has 3 aromatic rings. The quantitative estimate of drug-likeness (QED) is 0.615. The standard InChI is InChI=1S/C22H22ClFN4O2/c1-2-20-25-22(26-30-20)15-6-8-16(9-7-15)27-10-12-28(13-11-27)21(29)14-17-18(23)4-3-5-19(17)24/h3-9H,2,10-14H2,1H3. The van der Waals surface area contributed by atoms with Crippen LogP contribution >= 0.6 is 11.6 Å². The van der Waals surface area contributed by atoms with Gasteiger partial charge in [-0.05, 0) is 36.4 Å². The molecule has 1 saturated heterocycles. The summed E-state index contributed by atoms with van der Waals surface area (Å²) in [5.41, 5.74) is 2.23. The SMILES string of the molecule is CCc1nc(-c2ccc(N3CCN(C(=O)Cc4c(F)cccc4Cl)CC3)cc2)no1. The summed E-state index contributed by atoms with van der Waals surface area (Å²) in [6, 6.07) is 12.5. The van der Waals surface area contributed by atoms with Gasteiger partial charge in [-0.15, -0.1) is 0 Å². The molecule has 6 nitrogen and oxygen atoms in total. The zero-order chi connectivity index (χ0) is 21.1. The lowest BCUT2D eigenvalue weighted by Crippen LogP contribution is -2.49. The molecule has 0 atom stereocenters. The van der Waals surface area contributed by atoms with Gasteiger partial charge in [-0.2, -0.15) is 4.98 Å². The van der Waals surface area contributed by atoms with Gasteiger partial charge in [0.2, 0.25) is 17.6 Å². The number of hydrogen-bond donors (Lipinski definition) is 0. The van der Waals surface area contributed by atoms with Gasteiger partial charge in [0.15, 0.2) is 0 Å². The molecule has 0 spiro atoms. The topological polar surface area (TPSA) is 62.5 Å². The number of anilines is 1. The number of carbonyl (C=O) groups excluding carboxylic acids is 1. The summed E-state index contributed by atoms with van der Waals surface area (Å²) in [6.45, 7) is 4.54. The summed E-state index contributed by atoms with van der Waals surface area (Å²) in [6.07, 6.45) is 0.682. The molecule has 0 N–H and O–H groups in total. The lowest BCUT2D eigenvalue weighted by atomic mass is 10.1. The predicted molar refractivity (Wildman–Crippen MR) is 113 cm³/mol. The minimum absolute atomic E-state index is 0.0232.